The van der Waals surface area contributed by atoms with Crippen molar-refractivity contribution in [3.63, 3.8) is 0 Å². The summed E-state index contributed by atoms with van der Waals surface area (Å²) >= 11 is 0. The van der Waals surface area contributed by atoms with Crippen LogP contribution in [0.5, 0.6) is 0 Å². The van der Waals surface area contributed by atoms with Gasteiger partial charge < -0.3 is 5.73 Å². The second-order valence-corrected chi connectivity index (χ2v) is 1.81. The van der Waals surface area contributed by atoms with Crippen LogP contribution in [-0.2, 0) is 0 Å². The molecule has 0 aliphatic carbocycles. The van der Waals surface area contributed by atoms with Crippen molar-refractivity contribution in [2.24, 2.45) is 0 Å². The molecule has 4 heteroatoms. The van der Waals surface area contributed by atoms with Crippen LogP contribution in [0.4, 0.5) is 15.8 Å². The van der Waals surface area contributed by atoms with E-state index < -0.39 is 5.82 Å². The smallest absolute Gasteiger partial charge is 0.388 e. The average molecular weight is 138 g/mol. The quantitative estimate of drug-likeness (QED) is 0.439. The molecule has 0 atom stereocenters. The van der Waals surface area contributed by atoms with E-state index in [4.69, 9.17) is 11.1 Å². The fourth-order valence-corrected chi connectivity index (χ4v) is 0.578. The Morgan fingerprint density at radius 2 is 2.20 bits per heavy atom. The summed E-state index contributed by atoms with van der Waals surface area (Å²) in [6.07, 6.45) is 0. The first-order valence-corrected chi connectivity index (χ1v) is 2.64. The SMILES string of the molecule is N#[N+]c1ccc(N)c(F)c1. The minimum atomic E-state index is -0.574. The van der Waals surface area contributed by atoms with E-state index in [9.17, 15) is 4.39 Å². The second-order valence-electron chi connectivity index (χ2n) is 1.81. The van der Waals surface area contributed by atoms with Crippen molar-refractivity contribution in [1.82, 2.24) is 0 Å². The van der Waals surface area contributed by atoms with Gasteiger partial charge in [0.1, 0.15) is 0 Å². The predicted octanol–water partition coefficient (Wildman–Crippen LogP) is 1.89. The number of hydrogen-bond acceptors (Lipinski definition) is 2. The summed E-state index contributed by atoms with van der Waals surface area (Å²) in [6, 6.07) is 3.80. The van der Waals surface area contributed by atoms with Crippen LogP contribution in [0.3, 0.4) is 0 Å². The Kier molecular flexibility index (Phi) is 1.50. The molecule has 0 unspecified atom stereocenters. The van der Waals surface area contributed by atoms with Crippen LogP contribution in [0.2, 0.25) is 0 Å². The molecule has 1 aromatic rings. The first-order chi connectivity index (χ1) is 4.74. The molecule has 0 aliphatic rings. The zero-order valence-electron chi connectivity index (χ0n) is 5.08. The summed E-state index contributed by atoms with van der Waals surface area (Å²) in [5.41, 5.74) is 5.35. The van der Waals surface area contributed by atoms with Gasteiger partial charge >= 0.3 is 5.69 Å². The van der Waals surface area contributed by atoms with Gasteiger partial charge in [-0.1, -0.05) is 0 Å². The third kappa shape index (κ3) is 1.03. The molecule has 0 fully saturated rings. The molecule has 0 aromatic heterocycles. The van der Waals surface area contributed by atoms with E-state index in [2.05, 4.69) is 4.98 Å². The Morgan fingerprint density at radius 1 is 1.50 bits per heavy atom. The van der Waals surface area contributed by atoms with Crippen molar-refractivity contribution in [1.29, 1.82) is 5.39 Å². The van der Waals surface area contributed by atoms with Crippen LogP contribution in [0, 0.1) is 11.2 Å². The van der Waals surface area contributed by atoms with E-state index in [1.807, 2.05) is 0 Å². The van der Waals surface area contributed by atoms with Gasteiger partial charge in [-0.2, -0.15) is 0 Å². The first-order valence-electron chi connectivity index (χ1n) is 2.64. The van der Waals surface area contributed by atoms with E-state index in [0.29, 0.717) is 0 Å². The van der Waals surface area contributed by atoms with Crippen LogP contribution in [-0.4, -0.2) is 0 Å². The molecule has 0 saturated carbocycles. The number of rotatable bonds is 0. The molecule has 0 amide bonds. The summed E-state index contributed by atoms with van der Waals surface area (Å²) in [6.45, 7) is 0. The van der Waals surface area contributed by atoms with Crippen molar-refractivity contribution < 1.29 is 4.39 Å². The summed E-state index contributed by atoms with van der Waals surface area (Å²) in [7, 11) is 0. The molecule has 0 spiro atoms. The maximum atomic E-state index is 12.5. The molecule has 1 rings (SSSR count). The van der Waals surface area contributed by atoms with E-state index >= 15 is 0 Å². The number of anilines is 1. The van der Waals surface area contributed by atoms with Crippen molar-refractivity contribution in [3.8, 4) is 0 Å². The predicted molar refractivity (Wildman–Crippen MR) is 35.6 cm³/mol. The Hall–Kier alpha value is -1.63. The molecule has 50 valence electrons. The van der Waals surface area contributed by atoms with E-state index in [1.165, 1.54) is 12.1 Å². The maximum Gasteiger partial charge on any atom is 0.388 e. The summed E-state index contributed by atoms with van der Waals surface area (Å²) in [5, 5.41) is 8.17. The molecule has 0 aliphatic heterocycles. The van der Waals surface area contributed by atoms with Gasteiger partial charge in [-0.05, 0) is 6.07 Å². The molecule has 0 saturated heterocycles. The van der Waals surface area contributed by atoms with E-state index in [1.54, 1.807) is 0 Å². The molecular formula is C6H5FN3+. The number of nitrogens with two attached hydrogens (primary N) is 1. The fourth-order valence-electron chi connectivity index (χ4n) is 0.578. The molecule has 10 heavy (non-hydrogen) atoms. The molecule has 2 N–H and O–H groups in total. The highest BCUT2D eigenvalue weighted by Crippen LogP contribution is 2.17. The van der Waals surface area contributed by atoms with Crippen molar-refractivity contribution in [2.75, 3.05) is 5.73 Å². The third-order valence-corrected chi connectivity index (χ3v) is 1.10. The van der Waals surface area contributed by atoms with Gasteiger partial charge in [-0.25, -0.2) is 4.39 Å². The van der Waals surface area contributed by atoms with E-state index in [0.717, 1.165) is 6.07 Å². The van der Waals surface area contributed by atoms with Crippen LogP contribution in [0.15, 0.2) is 18.2 Å². The topological polar surface area (TPSA) is 54.2 Å². The van der Waals surface area contributed by atoms with Crippen molar-refractivity contribution >= 4 is 11.4 Å². The van der Waals surface area contributed by atoms with Crippen LogP contribution < -0.4 is 5.73 Å². The molecule has 0 bridgehead atoms. The van der Waals surface area contributed by atoms with Gasteiger partial charge in [0, 0.05) is 6.07 Å². The van der Waals surface area contributed by atoms with Gasteiger partial charge in [0.15, 0.2) is 10.8 Å². The van der Waals surface area contributed by atoms with Gasteiger partial charge in [0.2, 0.25) is 5.39 Å². The molecule has 0 heterocycles. The Labute approximate surface area is 56.9 Å². The summed E-state index contributed by atoms with van der Waals surface area (Å²) in [5.74, 6) is -0.574. The highest BCUT2D eigenvalue weighted by Gasteiger charge is 2.06. The Bertz CT molecular complexity index is 290. The first kappa shape index (κ1) is 6.49. The third-order valence-electron chi connectivity index (χ3n) is 1.10. The fraction of sp³-hybridized carbons (Fsp3) is 0. The minimum absolute atomic E-state index is 0.0485. The highest BCUT2D eigenvalue weighted by molar-refractivity contribution is 5.52. The lowest BCUT2D eigenvalue weighted by molar-refractivity contribution is 0.633. The molecule has 0 radical (unpaired) electrons. The van der Waals surface area contributed by atoms with Crippen molar-refractivity contribution in [3.05, 3.63) is 29.0 Å². The normalized spacial score (nSPS) is 8.80. The second kappa shape index (κ2) is 2.31. The Morgan fingerprint density at radius 3 is 2.70 bits per heavy atom. The monoisotopic (exact) mass is 138 g/mol. The zero-order valence-corrected chi connectivity index (χ0v) is 5.08. The van der Waals surface area contributed by atoms with E-state index in [-0.39, 0.29) is 11.4 Å². The van der Waals surface area contributed by atoms with Crippen LogP contribution in [0.25, 0.3) is 4.98 Å². The number of diazo groups is 1. The lowest BCUT2D eigenvalue weighted by Gasteiger charge is -1.88. The molecule has 1 aromatic carbocycles. The molecule has 3 nitrogen and oxygen atoms in total. The zero-order chi connectivity index (χ0) is 7.56. The number of nitrogens with zero attached hydrogens (tertiary/aromatic N) is 2. The standard InChI is InChI=1S/C6H5FN3/c7-5-3-4(10-9)1-2-6(5)8/h1-3H,8H2/q+1. The number of nitrogen functional groups attached to an aromatic ring is 1. The van der Waals surface area contributed by atoms with Crippen LogP contribution in [0.1, 0.15) is 0 Å². The summed E-state index contributed by atoms with van der Waals surface area (Å²) in [4.78, 5) is 2.78. The highest BCUT2D eigenvalue weighted by atomic mass is 19.1. The maximum absolute atomic E-state index is 12.5. The lowest BCUT2D eigenvalue weighted by atomic mass is 10.3. The number of benzene rings is 1. The number of hydrogen-bond donors (Lipinski definition) is 1. The van der Waals surface area contributed by atoms with Gasteiger partial charge in [0.25, 0.3) is 0 Å². The van der Waals surface area contributed by atoms with Crippen LogP contribution >= 0.6 is 0 Å². The summed E-state index contributed by atoms with van der Waals surface area (Å²) < 4.78 is 12.5. The molecular weight excluding hydrogens is 133 g/mol. The largest absolute Gasteiger partial charge is 0.396 e. The van der Waals surface area contributed by atoms with Crippen molar-refractivity contribution in [2.45, 2.75) is 0 Å². The minimum Gasteiger partial charge on any atom is -0.396 e. The lowest BCUT2D eigenvalue weighted by Crippen LogP contribution is -1.87. The average Bonchev–Trinajstić information content (AvgIpc) is 1.95. The Balaban J connectivity index is 3.20. The van der Waals surface area contributed by atoms with Gasteiger partial charge in [0.05, 0.1) is 11.8 Å². The van der Waals surface area contributed by atoms with Gasteiger partial charge in [-0.15, -0.1) is 0 Å². The number of halogens is 1. The van der Waals surface area contributed by atoms with Gasteiger partial charge in [-0.3, -0.25) is 0 Å².